The number of aliphatic hydroxyl groups is 2. The number of rotatable bonds is 22. The van der Waals surface area contributed by atoms with E-state index in [-0.39, 0.29) is 6.42 Å². The van der Waals surface area contributed by atoms with Crippen LogP contribution in [0.5, 0.6) is 0 Å². The highest BCUT2D eigenvalue weighted by Gasteiger charge is 2.25. The van der Waals surface area contributed by atoms with Gasteiger partial charge in [-0.3, -0.25) is 4.79 Å². The molecule has 1 atom stereocenters. The zero-order valence-corrected chi connectivity index (χ0v) is 20.1. The lowest BCUT2D eigenvalue weighted by atomic mass is 10.0. The molecule has 0 saturated heterocycles. The predicted octanol–water partition coefficient (Wildman–Crippen LogP) is 5.67. The minimum Gasteiger partial charge on any atom is -0.463 e. The number of carbonyl (C=O) groups excluding carboxylic acids is 2. The van der Waals surface area contributed by atoms with E-state index < -0.39 is 30.8 Å². The van der Waals surface area contributed by atoms with Crippen molar-refractivity contribution in [1.29, 1.82) is 0 Å². The van der Waals surface area contributed by atoms with E-state index in [2.05, 4.69) is 6.92 Å². The zero-order valence-electron chi connectivity index (χ0n) is 20.1. The second kappa shape index (κ2) is 22.1. The molecule has 0 heterocycles. The molecule has 0 amide bonds. The number of esters is 2. The Hall–Kier alpha value is -1.14. The predicted molar refractivity (Wildman–Crippen MR) is 123 cm³/mol. The van der Waals surface area contributed by atoms with Crippen LogP contribution in [-0.2, 0) is 19.1 Å². The van der Waals surface area contributed by atoms with E-state index >= 15 is 0 Å². The van der Waals surface area contributed by atoms with E-state index in [1.807, 2.05) is 0 Å². The van der Waals surface area contributed by atoms with Crippen molar-refractivity contribution in [3.63, 3.8) is 0 Å². The number of ether oxygens (including phenoxy) is 2. The van der Waals surface area contributed by atoms with E-state index in [0.29, 0.717) is 6.61 Å². The Morgan fingerprint density at radius 3 is 1.45 bits per heavy atom. The molecule has 0 fully saturated rings. The monoisotopic (exact) mass is 444 g/mol. The van der Waals surface area contributed by atoms with Crippen molar-refractivity contribution >= 4 is 11.9 Å². The van der Waals surface area contributed by atoms with E-state index in [1.54, 1.807) is 6.92 Å². The minimum atomic E-state index is -1.78. The van der Waals surface area contributed by atoms with Gasteiger partial charge in [-0.05, 0) is 12.8 Å². The first-order valence-corrected chi connectivity index (χ1v) is 12.7. The highest BCUT2D eigenvalue weighted by molar-refractivity contribution is 5.77. The topological polar surface area (TPSA) is 93.1 Å². The lowest BCUT2D eigenvalue weighted by Crippen LogP contribution is -2.30. The first kappa shape index (κ1) is 29.9. The van der Waals surface area contributed by atoms with Crippen LogP contribution in [0.25, 0.3) is 0 Å². The first-order valence-electron chi connectivity index (χ1n) is 12.7. The van der Waals surface area contributed by atoms with Crippen LogP contribution in [-0.4, -0.2) is 41.7 Å². The summed E-state index contributed by atoms with van der Waals surface area (Å²) in [6.07, 6.45) is 19.1. The van der Waals surface area contributed by atoms with Crippen LogP contribution in [0.15, 0.2) is 0 Å². The molecule has 0 aliphatic heterocycles. The molecule has 0 aromatic rings. The van der Waals surface area contributed by atoms with Crippen molar-refractivity contribution in [2.24, 2.45) is 5.92 Å². The standard InChI is InChI=1S/C25H48O6/c1-3-5-6-7-8-9-10-11-12-13-14-15-16-17-18-19-20-30-23(26)21-31-25(29)22(4-2)24(27)28/h22,24,27-28H,3-21H2,1-2H3. The first-order chi connectivity index (χ1) is 15.0. The fourth-order valence-electron chi connectivity index (χ4n) is 3.61. The summed E-state index contributed by atoms with van der Waals surface area (Å²) in [4.78, 5) is 23.2. The highest BCUT2D eigenvalue weighted by Crippen LogP contribution is 2.14. The molecule has 2 N–H and O–H groups in total. The third kappa shape index (κ3) is 19.3. The van der Waals surface area contributed by atoms with E-state index in [4.69, 9.17) is 19.7 Å². The van der Waals surface area contributed by atoms with Gasteiger partial charge in [0.1, 0.15) is 5.92 Å². The van der Waals surface area contributed by atoms with Crippen molar-refractivity contribution in [3.05, 3.63) is 0 Å². The van der Waals surface area contributed by atoms with Gasteiger partial charge >= 0.3 is 11.9 Å². The molecule has 0 bridgehead atoms. The van der Waals surface area contributed by atoms with Gasteiger partial charge in [-0.15, -0.1) is 0 Å². The number of hydrogen-bond acceptors (Lipinski definition) is 6. The van der Waals surface area contributed by atoms with Crippen LogP contribution in [0.2, 0.25) is 0 Å². The second-order valence-corrected chi connectivity index (χ2v) is 8.56. The molecule has 0 radical (unpaired) electrons. The summed E-state index contributed by atoms with van der Waals surface area (Å²) in [5.74, 6) is -2.43. The summed E-state index contributed by atoms with van der Waals surface area (Å²) >= 11 is 0. The summed E-state index contributed by atoms with van der Waals surface area (Å²) in [6, 6.07) is 0. The van der Waals surface area contributed by atoms with Crippen molar-refractivity contribution < 1.29 is 29.3 Å². The van der Waals surface area contributed by atoms with Gasteiger partial charge in [-0.2, -0.15) is 0 Å². The normalized spacial score (nSPS) is 12.2. The maximum Gasteiger partial charge on any atom is 0.344 e. The van der Waals surface area contributed by atoms with Crippen molar-refractivity contribution in [2.75, 3.05) is 13.2 Å². The van der Waals surface area contributed by atoms with Gasteiger partial charge in [0.25, 0.3) is 0 Å². The van der Waals surface area contributed by atoms with Crippen LogP contribution in [0.1, 0.15) is 123 Å². The molecule has 0 spiro atoms. The molecule has 0 rings (SSSR count). The fraction of sp³-hybridized carbons (Fsp3) is 0.920. The third-order valence-corrected chi connectivity index (χ3v) is 5.70. The average molecular weight is 445 g/mol. The molecular weight excluding hydrogens is 396 g/mol. The summed E-state index contributed by atoms with van der Waals surface area (Å²) in [5, 5.41) is 18.1. The van der Waals surface area contributed by atoms with Crippen LogP contribution in [0.4, 0.5) is 0 Å². The summed E-state index contributed by atoms with van der Waals surface area (Å²) in [6.45, 7) is 3.74. The second-order valence-electron chi connectivity index (χ2n) is 8.56. The SMILES string of the molecule is CCCCCCCCCCCCCCCCCCOC(=O)COC(=O)C(CC)C(O)O. The lowest BCUT2D eigenvalue weighted by Gasteiger charge is -2.15. The maximum atomic E-state index is 11.6. The van der Waals surface area contributed by atoms with E-state index in [0.717, 1.165) is 19.3 Å². The zero-order chi connectivity index (χ0) is 23.2. The van der Waals surface area contributed by atoms with Gasteiger partial charge in [-0.25, -0.2) is 4.79 Å². The molecule has 1 unspecified atom stereocenters. The largest absolute Gasteiger partial charge is 0.463 e. The van der Waals surface area contributed by atoms with Crippen LogP contribution >= 0.6 is 0 Å². The Morgan fingerprint density at radius 1 is 0.645 bits per heavy atom. The van der Waals surface area contributed by atoms with Gasteiger partial charge < -0.3 is 19.7 Å². The average Bonchev–Trinajstić information content (AvgIpc) is 2.74. The molecule has 0 aliphatic carbocycles. The number of unbranched alkanes of at least 4 members (excludes halogenated alkanes) is 15. The van der Waals surface area contributed by atoms with Crippen LogP contribution < -0.4 is 0 Å². The number of hydrogen-bond donors (Lipinski definition) is 2. The minimum absolute atomic E-state index is 0.227. The van der Waals surface area contributed by atoms with Gasteiger partial charge in [0, 0.05) is 0 Å². The fourth-order valence-corrected chi connectivity index (χ4v) is 3.61. The van der Waals surface area contributed by atoms with Gasteiger partial charge in [0.15, 0.2) is 12.9 Å². The maximum absolute atomic E-state index is 11.6. The summed E-state index contributed by atoms with van der Waals surface area (Å²) < 4.78 is 9.81. The Labute approximate surface area is 190 Å². The smallest absolute Gasteiger partial charge is 0.344 e. The van der Waals surface area contributed by atoms with Crippen LogP contribution in [0, 0.1) is 5.92 Å². The summed E-state index contributed by atoms with van der Waals surface area (Å²) in [5.41, 5.74) is 0. The van der Waals surface area contributed by atoms with Crippen molar-refractivity contribution in [1.82, 2.24) is 0 Å². The number of carbonyl (C=O) groups is 2. The van der Waals surface area contributed by atoms with Crippen molar-refractivity contribution in [3.8, 4) is 0 Å². The van der Waals surface area contributed by atoms with Gasteiger partial charge in [0.2, 0.25) is 0 Å². The Kier molecular flexibility index (Phi) is 21.3. The summed E-state index contributed by atoms with van der Waals surface area (Å²) in [7, 11) is 0. The molecule has 0 saturated carbocycles. The number of aliphatic hydroxyl groups excluding tert-OH is 1. The Bertz CT molecular complexity index is 424. The molecule has 0 aromatic carbocycles. The molecular formula is C25H48O6. The molecule has 184 valence electrons. The van der Waals surface area contributed by atoms with Crippen molar-refractivity contribution in [2.45, 2.75) is 129 Å². The molecule has 6 nitrogen and oxygen atoms in total. The van der Waals surface area contributed by atoms with Gasteiger partial charge in [-0.1, -0.05) is 110 Å². The van der Waals surface area contributed by atoms with E-state index in [9.17, 15) is 9.59 Å². The highest BCUT2D eigenvalue weighted by atomic mass is 16.6. The Balaban J connectivity index is 3.34. The molecule has 0 aromatic heterocycles. The Morgan fingerprint density at radius 2 is 1.06 bits per heavy atom. The van der Waals surface area contributed by atoms with Gasteiger partial charge in [0.05, 0.1) is 6.61 Å². The van der Waals surface area contributed by atoms with Crippen LogP contribution in [0.3, 0.4) is 0 Å². The molecule has 6 heteroatoms. The quantitative estimate of drug-likeness (QED) is 0.127. The molecule has 31 heavy (non-hydrogen) atoms. The van der Waals surface area contributed by atoms with E-state index in [1.165, 1.54) is 83.5 Å². The third-order valence-electron chi connectivity index (χ3n) is 5.70. The molecule has 0 aliphatic rings. The lowest BCUT2D eigenvalue weighted by molar-refractivity contribution is -0.172.